The molecular formula is C20H23N3O3. The summed E-state index contributed by atoms with van der Waals surface area (Å²) in [6.07, 6.45) is 2.26. The van der Waals surface area contributed by atoms with Gasteiger partial charge in [-0.05, 0) is 43.9 Å². The minimum atomic E-state index is -0.463. The predicted octanol–water partition coefficient (Wildman–Crippen LogP) is 4.39. The lowest BCUT2D eigenvalue weighted by atomic mass is 9.98. The fourth-order valence-corrected chi connectivity index (χ4v) is 3.25. The minimum absolute atomic E-state index is 0.0454. The molecule has 1 aliphatic rings. The third-order valence-corrected chi connectivity index (χ3v) is 4.94. The van der Waals surface area contributed by atoms with E-state index < -0.39 is 4.92 Å². The van der Waals surface area contributed by atoms with Crippen LogP contribution in [0.2, 0.25) is 0 Å². The summed E-state index contributed by atoms with van der Waals surface area (Å²) < 4.78 is 0. The summed E-state index contributed by atoms with van der Waals surface area (Å²) in [6.45, 7) is 5.84. The van der Waals surface area contributed by atoms with Crippen LogP contribution in [0, 0.1) is 23.0 Å². The van der Waals surface area contributed by atoms with Crippen LogP contribution < -0.4 is 10.2 Å². The molecule has 1 N–H and O–H groups in total. The Hall–Kier alpha value is -2.89. The van der Waals surface area contributed by atoms with Crippen LogP contribution >= 0.6 is 0 Å². The molecule has 6 heteroatoms. The number of benzene rings is 2. The fourth-order valence-electron chi connectivity index (χ4n) is 3.25. The van der Waals surface area contributed by atoms with Gasteiger partial charge in [-0.2, -0.15) is 0 Å². The van der Waals surface area contributed by atoms with Gasteiger partial charge in [0.1, 0.15) is 0 Å². The molecule has 0 atom stereocenters. The molecule has 0 unspecified atom stereocenters. The number of nitrogens with one attached hydrogen (secondary N) is 1. The molecule has 0 spiro atoms. The molecule has 0 saturated carbocycles. The average Bonchev–Trinajstić information content (AvgIpc) is 2.63. The average molecular weight is 353 g/mol. The van der Waals surface area contributed by atoms with Gasteiger partial charge in [0.2, 0.25) is 0 Å². The Balaban J connectivity index is 1.82. The second kappa shape index (κ2) is 7.56. The molecule has 1 heterocycles. The van der Waals surface area contributed by atoms with Crippen molar-refractivity contribution >= 4 is 23.0 Å². The van der Waals surface area contributed by atoms with Gasteiger partial charge in [-0.15, -0.1) is 0 Å². The second-order valence-corrected chi connectivity index (χ2v) is 6.90. The molecular weight excluding hydrogens is 330 g/mol. The molecule has 3 rings (SSSR count). The van der Waals surface area contributed by atoms with Crippen molar-refractivity contribution in [1.82, 2.24) is 0 Å². The van der Waals surface area contributed by atoms with Crippen molar-refractivity contribution in [3.05, 3.63) is 63.7 Å². The van der Waals surface area contributed by atoms with E-state index >= 15 is 0 Å². The van der Waals surface area contributed by atoms with Crippen molar-refractivity contribution < 1.29 is 9.72 Å². The summed E-state index contributed by atoms with van der Waals surface area (Å²) in [6, 6.07) is 12.3. The van der Waals surface area contributed by atoms with Crippen molar-refractivity contribution in [3.8, 4) is 0 Å². The van der Waals surface area contributed by atoms with E-state index in [4.69, 9.17) is 0 Å². The van der Waals surface area contributed by atoms with Gasteiger partial charge in [0.15, 0.2) is 0 Å². The molecule has 0 radical (unpaired) electrons. The van der Waals surface area contributed by atoms with E-state index in [9.17, 15) is 14.9 Å². The second-order valence-electron chi connectivity index (χ2n) is 6.90. The first-order valence-corrected chi connectivity index (χ1v) is 8.86. The van der Waals surface area contributed by atoms with Crippen LogP contribution in [0.1, 0.15) is 35.7 Å². The maximum Gasteiger partial charge on any atom is 0.273 e. The topological polar surface area (TPSA) is 75.5 Å². The maximum atomic E-state index is 12.6. The largest absolute Gasteiger partial charge is 0.370 e. The van der Waals surface area contributed by atoms with Gasteiger partial charge in [0.25, 0.3) is 11.6 Å². The zero-order chi connectivity index (χ0) is 18.7. The van der Waals surface area contributed by atoms with Gasteiger partial charge in [0, 0.05) is 30.3 Å². The van der Waals surface area contributed by atoms with E-state index in [1.807, 2.05) is 24.3 Å². The summed E-state index contributed by atoms with van der Waals surface area (Å²) in [5, 5.41) is 14.0. The Labute approximate surface area is 153 Å². The number of nitrogens with zero attached hydrogens (tertiary/aromatic N) is 2. The lowest BCUT2D eigenvalue weighted by molar-refractivity contribution is -0.385. The summed E-state index contributed by atoms with van der Waals surface area (Å²) >= 11 is 0. The number of carbonyl (C=O) groups is 1. The Morgan fingerprint density at radius 1 is 1.19 bits per heavy atom. The number of rotatable bonds is 4. The third kappa shape index (κ3) is 3.85. The molecule has 0 aromatic heterocycles. The van der Waals surface area contributed by atoms with Crippen LogP contribution in [0.25, 0.3) is 0 Å². The Bertz CT molecular complexity index is 827. The van der Waals surface area contributed by atoms with Gasteiger partial charge in [-0.3, -0.25) is 14.9 Å². The lowest BCUT2D eigenvalue weighted by Crippen LogP contribution is -2.33. The molecule has 26 heavy (non-hydrogen) atoms. The minimum Gasteiger partial charge on any atom is -0.370 e. The van der Waals surface area contributed by atoms with Gasteiger partial charge in [-0.25, -0.2) is 0 Å². The normalized spacial score (nSPS) is 14.9. The van der Waals surface area contributed by atoms with E-state index in [2.05, 4.69) is 17.1 Å². The molecule has 136 valence electrons. The summed E-state index contributed by atoms with van der Waals surface area (Å²) in [4.78, 5) is 25.6. The number of nitro benzene ring substituents is 1. The highest BCUT2D eigenvalue weighted by Gasteiger charge is 2.20. The van der Waals surface area contributed by atoms with E-state index in [0.717, 1.165) is 43.2 Å². The van der Waals surface area contributed by atoms with E-state index in [1.54, 1.807) is 19.1 Å². The van der Waals surface area contributed by atoms with Crippen LogP contribution in [0.5, 0.6) is 0 Å². The molecule has 0 bridgehead atoms. The van der Waals surface area contributed by atoms with Gasteiger partial charge < -0.3 is 10.2 Å². The molecule has 2 aromatic carbocycles. The first-order valence-electron chi connectivity index (χ1n) is 8.86. The van der Waals surface area contributed by atoms with Crippen molar-refractivity contribution in [2.24, 2.45) is 5.92 Å². The highest BCUT2D eigenvalue weighted by Crippen LogP contribution is 2.30. The van der Waals surface area contributed by atoms with Crippen LogP contribution in [0.3, 0.4) is 0 Å². The van der Waals surface area contributed by atoms with Crippen molar-refractivity contribution in [1.29, 1.82) is 0 Å². The van der Waals surface area contributed by atoms with Gasteiger partial charge >= 0.3 is 0 Å². The van der Waals surface area contributed by atoms with Crippen LogP contribution in [0.15, 0.2) is 42.5 Å². The van der Waals surface area contributed by atoms with E-state index in [-0.39, 0.29) is 17.2 Å². The molecule has 1 saturated heterocycles. The maximum absolute atomic E-state index is 12.6. The van der Waals surface area contributed by atoms with Gasteiger partial charge in [0.05, 0.1) is 16.3 Å². The molecule has 1 fully saturated rings. The van der Waals surface area contributed by atoms with E-state index in [1.165, 1.54) is 6.07 Å². The molecule has 1 aliphatic heterocycles. The summed E-state index contributed by atoms with van der Waals surface area (Å²) in [5.74, 6) is 0.382. The Morgan fingerprint density at radius 2 is 1.88 bits per heavy atom. The number of hydrogen-bond acceptors (Lipinski definition) is 4. The monoisotopic (exact) mass is 353 g/mol. The molecule has 2 aromatic rings. The summed E-state index contributed by atoms with van der Waals surface area (Å²) in [7, 11) is 0. The predicted molar refractivity (Wildman–Crippen MR) is 103 cm³/mol. The van der Waals surface area contributed by atoms with Crippen LogP contribution in [-0.2, 0) is 0 Å². The van der Waals surface area contributed by atoms with Crippen LogP contribution in [-0.4, -0.2) is 23.9 Å². The number of aryl methyl sites for hydroxylation is 1. The zero-order valence-corrected chi connectivity index (χ0v) is 15.1. The van der Waals surface area contributed by atoms with Crippen molar-refractivity contribution in [3.63, 3.8) is 0 Å². The van der Waals surface area contributed by atoms with Gasteiger partial charge in [-0.1, -0.05) is 25.1 Å². The first-order chi connectivity index (χ1) is 12.5. The standard InChI is InChI=1S/C20H23N3O3/c1-14-9-11-22(12-10-14)18-6-4-3-5-17(18)21-20(24)16-8-7-15(2)19(13-16)23(25)26/h3-8,13-14H,9-12H2,1-2H3,(H,21,24). The molecule has 1 amide bonds. The number of para-hydroxylation sites is 2. The molecule has 6 nitrogen and oxygen atoms in total. The number of anilines is 2. The highest BCUT2D eigenvalue weighted by molar-refractivity contribution is 6.06. The first kappa shape index (κ1) is 17.9. The Morgan fingerprint density at radius 3 is 2.58 bits per heavy atom. The number of piperidine rings is 1. The van der Waals surface area contributed by atoms with E-state index in [0.29, 0.717) is 5.56 Å². The van der Waals surface area contributed by atoms with Crippen LogP contribution in [0.4, 0.5) is 17.1 Å². The van der Waals surface area contributed by atoms with Crippen molar-refractivity contribution in [2.75, 3.05) is 23.3 Å². The number of hydrogen-bond donors (Lipinski definition) is 1. The number of amides is 1. The highest BCUT2D eigenvalue weighted by atomic mass is 16.6. The summed E-state index contributed by atoms with van der Waals surface area (Å²) in [5.41, 5.74) is 2.50. The third-order valence-electron chi connectivity index (χ3n) is 4.94. The quantitative estimate of drug-likeness (QED) is 0.653. The van der Waals surface area contributed by atoms with Crippen molar-refractivity contribution in [2.45, 2.75) is 26.7 Å². The SMILES string of the molecule is Cc1ccc(C(=O)Nc2ccccc2N2CCC(C)CC2)cc1[N+](=O)[O-]. The number of carbonyl (C=O) groups excluding carboxylic acids is 1. The fraction of sp³-hybridized carbons (Fsp3) is 0.350. The molecule has 0 aliphatic carbocycles. The smallest absolute Gasteiger partial charge is 0.273 e. The number of nitro groups is 1. The zero-order valence-electron chi connectivity index (χ0n) is 15.1. The Kier molecular flexibility index (Phi) is 5.21. The lowest BCUT2D eigenvalue weighted by Gasteiger charge is -2.33.